The number of nitrogens with zero attached hydrogens (tertiary/aromatic N) is 3. The molecule has 0 spiro atoms. The van der Waals surface area contributed by atoms with Crippen molar-refractivity contribution in [3.8, 4) is 11.1 Å². The fraction of sp³-hybridized carbons (Fsp3) is 0.389. The zero-order valence-electron chi connectivity index (χ0n) is 27.7. The molecule has 4 aromatic rings. The Morgan fingerprint density at radius 1 is 1.05 bits per heavy atom. The molecule has 8 heteroatoms. The van der Waals surface area contributed by atoms with Gasteiger partial charge in [-0.25, -0.2) is 0 Å². The number of ether oxygens (including phenoxy) is 1. The molecule has 2 N–H and O–H groups in total. The van der Waals surface area contributed by atoms with Crippen molar-refractivity contribution < 1.29 is 9.53 Å². The third-order valence-corrected chi connectivity index (χ3v) is 8.10. The predicted molar refractivity (Wildman–Crippen MR) is 183 cm³/mol. The largest absolute Gasteiger partial charge is 0.379 e. The maximum Gasteiger partial charge on any atom is 0.253 e. The molecule has 236 valence electrons. The van der Waals surface area contributed by atoms with Gasteiger partial charge >= 0.3 is 0 Å². The van der Waals surface area contributed by atoms with Gasteiger partial charge in [0.05, 0.1) is 18.7 Å². The number of rotatable bonds is 7. The second kappa shape index (κ2) is 15.5. The van der Waals surface area contributed by atoms with Crippen LogP contribution in [0.15, 0.2) is 66.6 Å². The summed E-state index contributed by atoms with van der Waals surface area (Å²) >= 11 is 0. The number of hydrogen-bond donors (Lipinski definition) is 2. The zero-order valence-corrected chi connectivity index (χ0v) is 27.7. The van der Waals surface area contributed by atoms with Crippen LogP contribution in [0.5, 0.6) is 0 Å². The van der Waals surface area contributed by atoms with Gasteiger partial charge in [0.1, 0.15) is 0 Å². The maximum absolute atomic E-state index is 13.7. The molecule has 1 fully saturated rings. The van der Waals surface area contributed by atoms with E-state index in [2.05, 4.69) is 81.1 Å². The summed E-state index contributed by atoms with van der Waals surface area (Å²) in [4.78, 5) is 33.6. The van der Waals surface area contributed by atoms with Crippen LogP contribution in [0, 0.1) is 20.8 Å². The molecule has 0 radical (unpaired) electrons. The second-order valence-electron chi connectivity index (χ2n) is 10.9. The molecule has 1 amide bonds. The number of morpholine rings is 1. The standard InChI is InChI=1S/C32H39N5O3.C2H6.C2H4/c1-20-17-21(2)34-32(39)28(20)19-33-31(38)27-18-29-26(24-7-9-25(10-8-24)35(5)6)11-12-37(29)30(22(27)3)23(4)36-13-15-40-16-14-36;2*1-2/h7-12,17-18,23H,13-16,19H2,1-6H3,(H,33,38)(H,34,39);1-2H3;1-2H2. The number of carbonyl (C=O) groups excluding carboxylic acids is 1. The predicted octanol–water partition coefficient (Wildman–Crippen LogP) is 6.44. The van der Waals surface area contributed by atoms with Gasteiger partial charge in [0.2, 0.25) is 0 Å². The van der Waals surface area contributed by atoms with Crippen LogP contribution >= 0.6 is 0 Å². The van der Waals surface area contributed by atoms with E-state index in [-0.39, 0.29) is 24.1 Å². The van der Waals surface area contributed by atoms with E-state index in [9.17, 15) is 9.59 Å². The van der Waals surface area contributed by atoms with Gasteiger partial charge in [-0.1, -0.05) is 26.0 Å². The second-order valence-corrected chi connectivity index (χ2v) is 10.9. The van der Waals surface area contributed by atoms with Crippen molar-refractivity contribution in [2.24, 2.45) is 0 Å². The third-order valence-electron chi connectivity index (χ3n) is 8.10. The molecule has 1 aromatic carbocycles. The normalized spacial score (nSPS) is 13.7. The molecule has 3 aromatic heterocycles. The summed E-state index contributed by atoms with van der Waals surface area (Å²) in [5, 5.41) is 3.03. The lowest BCUT2D eigenvalue weighted by Gasteiger charge is -2.34. The first-order valence-corrected chi connectivity index (χ1v) is 15.4. The number of aromatic nitrogens is 2. The number of amides is 1. The van der Waals surface area contributed by atoms with E-state index in [1.54, 1.807) is 0 Å². The molecule has 0 bridgehead atoms. The molecule has 1 atom stereocenters. The Hall–Kier alpha value is -4.14. The number of fused-ring (bicyclic) bond motifs is 1. The van der Waals surface area contributed by atoms with Crippen LogP contribution in [0.2, 0.25) is 0 Å². The van der Waals surface area contributed by atoms with E-state index in [0.717, 1.165) is 57.9 Å². The quantitative estimate of drug-likeness (QED) is 0.239. The van der Waals surface area contributed by atoms with E-state index in [1.165, 1.54) is 0 Å². The highest BCUT2D eigenvalue weighted by Crippen LogP contribution is 2.34. The maximum atomic E-state index is 13.7. The van der Waals surface area contributed by atoms with Crippen molar-refractivity contribution in [2.45, 2.75) is 54.1 Å². The first kappa shape index (κ1) is 34.4. The Morgan fingerprint density at radius 3 is 2.27 bits per heavy atom. The SMILES string of the molecule is C=C.CC.Cc1cc(C)c(CNC(=O)c2cc3c(-c4ccc(N(C)C)cc4)ccn3c(C(C)N3CCOCC3)c2C)c(=O)[nH]1. The molecule has 1 aliphatic rings. The molecular formula is C36H49N5O3. The Morgan fingerprint density at radius 2 is 1.68 bits per heavy atom. The number of benzene rings is 1. The fourth-order valence-corrected chi connectivity index (χ4v) is 5.80. The number of hydrogen-bond acceptors (Lipinski definition) is 5. The average molecular weight is 600 g/mol. The van der Waals surface area contributed by atoms with Crippen LogP contribution in [0.4, 0.5) is 5.69 Å². The van der Waals surface area contributed by atoms with E-state index in [1.807, 2.05) is 60.8 Å². The minimum Gasteiger partial charge on any atom is -0.379 e. The molecular weight excluding hydrogens is 550 g/mol. The van der Waals surface area contributed by atoms with E-state index >= 15 is 0 Å². The van der Waals surface area contributed by atoms with Gasteiger partial charge in [0.15, 0.2) is 0 Å². The Kier molecular flexibility index (Phi) is 12.1. The van der Waals surface area contributed by atoms with Gasteiger partial charge < -0.3 is 24.3 Å². The van der Waals surface area contributed by atoms with Gasteiger partial charge in [-0.15, -0.1) is 13.2 Å². The highest BCUT2D eigenvalue weighted by Gasteiger charge is 2.26. The number of carbonyl (C=O) groups is 1. The molecule has 8 nitrogen and oxygen atoms in total. The summed E-state index contributed by atoms with van der Waals surface area (Å²) in [5.74, 6) is -0.190. The van der Waals surface area contributed by atoms with E-state index < -0.39 is 0 Å². The van der Waals surface area contributed by atoms with E-state index in [4.69, 9.17) is 4.74 Å². The average Bonchev–Trinajstić information content (AvgIpc) is 3.45. The van der Waals surface area contributed by atoms with E-state index in [0.29, 0.717) is 24.3 Å². The number of aryl methyl sites for hydroxylation is 2. The fourth-order valence-electron chi connectivity index (χ4n) is 5.80. The molecule has 0 aliphatic carbocycles. The summed E-state index contributed by atoms with van der Waals surface area (Å²) < 4.78 is 7.84. The lowest BCUT2D eigenvalue weighted by atomic mass is 9.98. The number of anilines is 1. The van der Waals surface area contributed by atoms with Crippen molar-refractivity contribution in [1.82, 2.24) is 19.6 Å². The smallest absolute Gasteiger partial charge is 0.253 e. The minimum atomic E-state index is -0.190. The topological polar surface area (TPSA) is 82.1 Å². The van der Waals surface area contributed by atoms with Crippen molar-refractivity contribution in [3.63, 3.8) is 0 Å². The summed E-state index contributed by atoms with van der Waals surface area (Å²) in [6.07, 6.45) is 2.11. The first-order valence-electron chi connectivity index (χ1n) is 15.4. The van der Waals surface area contributed by atoms with Gasteiger partial charge in [0.25, 0.3) is 11.5 Å². The Balaban J connectivity index is 0.00000127. The van der Waals surface area contributed by atoms with Crippen LogP contribution in [0.3, 0.4) is 0 Å². The summed E-state index contributed by atoms with van der Waals surface area (Å²) in [5.41, 5.74) is 8.99. The molecule has 1 unspecified atom stereocenters. The molecule has 1 aliphatic heterocycles. The van der Waals surface area contributed by atoms with Crippen molar-refractivity contribution >= 4 is 17.1 Å². The van der Waals surface area contributed by atoms with Gasteiger partial charge in [0, 0.05) is 79.7 Å². The van der Waals surface area contributed by atoms with Gasteiger partial charge in [-0.3, -0.25) is 14.5 Å². The summed E-state index contributed by atoms with van der Waals surface area (Å²) in [6.45, 7) is 21.2. The Bertz CT molecular complexity index is 1610. The van der Waals surface area contributed by atoms with Crippen LogP contribution < -0.4 is 15.8 Å². The summed E-state index contributed by atoms with van der Waals surface area (Å²) in [7, 11) is 4.06. The third kappa shape index (κ3) is 7.31. The van der Waals surface area contributed by atoms with Gasteiger partial charge in [-0.2, -0.15) is 0 Å². The monoisotopic (exact) mass is 599 g/mol. The number of nitrogens with one attached hydrogen (secondary N) is 2. The highest BCUT2D eigenvalue weighted by molar-refractivity contribution is 5.98. The lowest BCUT2D eigenvalue weighted by Crippen LogP contribution is -2.39. The molecule has 44 heavy (non-hydrogen) atoms. The van der Waals surface area contributed by atoms with Crippen LogP contribution in [-0.4, -0.2) is 60.6 Å². The van der Waals surface area contributed by atoms with Crippen molar-refractivity contribution in [2.75, 3.05) is 45.3 Å². The van der Waals surface area contributed by atoms with Crippen molar-refractivity contribution in [1.29, 1.82) is 0 Å². The highest BCUT2D eigenvalue weighted by atomic mass is 16.5. The molecule has 4 heterocycles. The number of aromatic amines is 1. The Labute approximate surface area is 262 Å². The van der Waals surface area contributed by atoms with Crippen molar-refractivity contribution in [3.05, 3.63) is 106 Å². The van der Waals surface area contributed by atoms with Crippen LogP contribution in [0.25, 0.3) is 16.6 Å². The molecule has 0 saturated carbocycles. The lowest BCUT2D eigenvalue weighted by molar-refractivity contribution is 0.0187. The van der Waals surface area contributed by atoms with Crippen LogP contribution in [-0.2, 0) is 11.3 Å². The van der Waals surface area contributed by atoms with Crippen LogP contribution in [0.1, 0.15) is 65.2 Å². The van der Waals surface area contributed by atoms with Gasteiger partial charge in [-0.05, 0) is 74.7 Å². The molecule has 5 rings (SSSR count). The number of H-pyrrole nitrogens is 1. The summed E-state index contributed by atoms with van der Waals surface area (Å²) in [6, 6.07) is 14.6. The zero-order chi connectivity index (χ0) is 32.6. The molecule has 1 saturated heterocycles. The number of pyridine rings is 2. The first-order chi connectivity index (χ1) is 21.2. The minimum absolute atomic E-state index is 0.0812.